The lowest BCUT2D eigenvalue weighted by molar-refractivity contribution is -0.132. The number of fused-ring (bicyclic) bond motifs is 1. The van der Waals surface area contributed by atoms with Gasteiger partial charge in [-0.2, -0.15) is 0 Å². The van der Waals surface area contributed by atoms with Gasteiger partial charge in [-0.3, -0.25) is 25.2 Å². The summed E-state index contributed by atoms with van der Waals surface area (Å²) < 4.78 is 18.8. The van der Waals surface area contributed by atoms with Crippen molar-refractivity contribution in [3.63, 3.8) is 0 Å². The van der Waals surface area contributed by atoms with Crippen LogP contribution in [0, 0.1) is 5.82 Å². The Kier molecular flexibility index (Phi) is 7.17. The van der Waals surface area contributed by atoms with Crippen LogP contribution in [0.1, 0.15) is 54.1 Å². The lowest BCUT2D eigenvalue weighted by atomic mass is 9.89. The summed E-state index contributed by atoms with van der Waals surface area (Å²) in [6.45, 7) is 1.44. The fraction of sp³-hybridized carbons (Fsp3) is 0.348. The van der Waals surface area contributed by atoms with Crippen LogP contribution in [0.15, 0.2) is 42.5 Å². The maximum Gasteiger partial charge on any atom is 0.279 e. The van der Waals surface area contributed by atoms with Crippen LogP contribution in [0.2, 0.25) is 0 Å². The van der Waals surface area contributed by atoms with Gasteiger partial charge in [-0.05, 0) is 61.9 Å². The van der Waals surface area contributed by atoms with Crippen LogP contribution in [-0.2, 0) is 22.4 Å². The van der Waals surface area contributed by atoms with E-state index in [1.54, 1.807) is 6.07 Å². The van der Waals surface area contributed by atoms with Crippen molar-refractivity contribution in [2.45, 2.75) is 51.6 Å². The number of rotatable bonds is 7. The van der Waals surface area contributed by atoms with Crippen molar-refractivity contribution in [3.05, 3.63) is 65.0 Å². The van der Waals surface area contributed by atoms with Crippen LogP contribution < -0.4 is 15.6 Å². The number of ether oxygens (including phenoxy) is 1. The molecule has 0 fully saturated rings. The Morgan fingerprint density at radius 3 is 2.50 bits per heavy atom. The summed E-state index contributed by atoms with van der Waals surface area (Å²) in [5.41, 5.74) is 7.61. The zero-order chi connectivity index (χ0) is 21.5. The smallest absolute Gasteiger partial charge is 0.279 e. The number of hydrazine groups is 1. The molecule has 0 aliphatic heterocycles. The molecule has 2 aromatic rings. The Morgan fingerprint density at radius 2 is 1.73 bits per heavy atom. The molecule has 0 aromatic heterocycles. The first kappa shape index (κ1) is 21.5. The standard InChI is InChI=1S/C23H25FN2O4/c1-15(30-21-9-5-4-8-19(21)24)23(29)26-25-22(28)13-12-20(27)18-11-10-16-6-2-3-7-17(16)14-18/h4-5,8-11,14-15H,2-3,6-7,12-13H2,1H3,(H,25,28)(H,26,29)/t15-/m1/s1. The molecule has 0 saturated carbocycles. The highest BCUT2D eigenvalue weighted by Gasteiger charge is 2.18. The molecule has 2 N–H and O–H groups in total. The van der Waals surface area contributed by atoms with E-state index in [-0.39, 0.29) is 24.4 Å². The zero-order valence-corrected chi connectivity index (χ0v) is 16.9. The van der Waals surface area contributed by atoms with Gasteiger partial charge in [-0.25, -0.2) is 4.39 Å². The molecular weight excluding hydrogens is 387 g/mol. The SMILES string of the molecule is C[C@@H](Oc1ccccc1F)C(=O)NNC(=O)CCC(=O)c1ccc2c(c1)CCCC2. The minimum absolute atomic E-state index is 0.0434. The van der Waals surface area contributed by atoms with Gasteiger partial charge >= 0.3 is 0 Å². The number of para-hydroxylation sites is 1. The number of amides is 2. The third-order valence-electron chi connectivity index (χ3n) is 5.08. The van der Waals surface area contributed by atoms with Crippen LogP contribution in [-0.4, -0.2) is 23.7 Å². The van der Waals surface area contributed by atoms with Crippen molar-refractivity contribution in [3.8, 4) is 5.75 Å². The summed E-state index contributed by atoms with van der Waals surface area (Å²) in [6, 6.07) is 11.5. The molecule has 2 aromatic carbocycles. The molecule has 0 heterocycles. The highest BCUT2D eigenvalue weighted by atomic mass is 19.1. The molecule has 3 rings (SSSR count). The highest BCUT2D eigenvalue weighted by molar-refractivity contribution is 5.98. The van der Waals surface area contributed by atoms with Gasteiger partial charge in [0.2, 0.25) is 5.91 Å². The van der Waals surface area contributed by atoms with Crippen LogP contribution >= 0.6 is 0 Å². The molecule has 158 valence electrons. The van der Waals surface area contributed by atoms with Gasteiger partial charge in [0.15, 0.2) is 23.5 Å². The number of carbonyl (C=O) groups is 3. The second-order valence-electron chi connectivity index (χ2n) is 7.34. The van der Waals surface area contributed by atoms with E-state index in [9.17, 15) is 18.8 Å². The van der Waals surface area contributed by atoms with E-state index >= 15 is 0 Å². The fourth-order valence-electron chi connectivity index (χ4n) is 3.36. The number of hydrogen-bond donors (Lipinski definition) is 2. The fourth-order valence-corrected chi connectivity index (χ4v) is 3.36. The minimum atomic E-state index is -1.01. The number of halogens is 1. The van der Waals surface area contributed by atoms with Crippen molar-refractivity contribution in [1.82, 2.24) is 10.9 Å². The number of aryl methyl sites for hydroxylation is 2. The van der Waals surface area contributed by atoms with Gasteiger partial charge in [0.05, 0.1) is 0 Å². The zero-order valence-electron chi connectivity index (χ0n) is 16.9. The predicted octanol–water partition coefficient (Wildman–Crippen LogP) is 3.28. The maximum atomic E-state index is 13.6. The van der Waals surface area contributed by atoms with E-state index < -0.39 is 23.7 Å². The minimum Gasteiger partial charge on any atom is -0.478 e. The summed E-state index contributed by atoms with van der Waals surface area (Å²) in [5.74, 6) is -1.87. The monoisotopic (exact) mass is 412 g/mol. The average molecular weight is 412 g/mol. The second-order valence-corrected chi connectivity index (χ2v) is 7.34. The van der Waals surface area contributed by atoms with Crippen molar-refractivity contribution in [1.29, 1.82) is 0 Å². The topological polar surface area (TPSA) is 84.5 Å². The third kappa shape index (κ3) is 5.65. The van der Waals surface area contributed by atoms with Gasteiger partial charge in [0.25, 0.3) is 5.91 Å². The van der Waals surface area contributed by atoms with Crippen molar-refractivity contribution in [2.24, 2.45) is 0 Å². The van der Waals surface area contributed by atoms with E-state index in [0.717, 1.165) is 19.3 Å². The summed E-state index contributed by atoms with van der Waals surface area (Å²) >= 11 is 0. The van der Waals surface area contributed by atoms with Crippen molar-refractivity contribution in [2.75, 3.05) is 0 Å². The van der Waals surface area contributed by atoms with E-state index in [0.29, 0.717) is 5.56 Å². The Hall–Kier alpha value is -3.22. The van der Waals surface area contributed by atoms with Crippen molar-refractivity contribution < 1.29 is 23.5 Å². The first-order chi connectivity index (χ1) is 14.4. The number of carbonyl (C=O) groups excluding carboxylic acids is 3. The summed E-state index contributed by atoms with van der Waals surface area (Å²) in [7, 11) is 0. The Balaban J connectivity index is 1.42. The van der Waals surface area contributed by atoms with Gasteiger partial charge in [0.1, 0.15) is 0 Å². The molecule has 30 heavy (non-hydrogen) atoms. The third-order valence-corrected chi connectivity index (χ3v) is 5.08. The second kappa shape index (κ2) is 10.0. The van der Waals surface area contributed by atoms with Crippen LogP contribution in [0.25, 0.3) is 0 Å². The average Bonchev–Trinajstić information content (AvgIpc) is 2.76. The number of hydrogen-bond acceptors (Lipinski definition) is 4. The van der Waals surface area contributed by atoms with E-state index in [4.69, 9.17) is 4.74 Å². The molecule has 0 radical (unpaired) electrons. The molecule has 6 nitrogen and oxygen atoms in total. The van der Waals surface area contributed by atoms with Crippen molar-refractivity contribution >= 4 is 17.6 Å². The van der Waals surface area contributed by atoms with Crippen LogP contribution in [0.5, 0.6) is 5.75 Å². The largest absolute Gasteiger partial charge is 0.478 e. The predicted molar refractivity (Wildman–Crippen MR) is 109 cm³/mol. The Bertz CT molecular complexity index is 945. The molecule has 0 bridgehead atoms. The number of Topliss-reactive ketones (excluding diaryl/α,β-unsaturated/α-hetero) is 1. The molecule has 1 atom stereocenters. The molecular formula is C23H25FN2O4. The van der Waals surface area contributed by atoms with Gasteiger partial charge in [-0.1, -0.05) is 24.3 Å². The van der Waals surface area contributed by atoms with Gasteiger partial charge < -0.3 is 4.74 Å². The molecule has 1 aliphatic carbocycles. The van der Waals surface area contributed by atoms with Crippen LogP contribution in [0.3, 0.4) is 0 Å². The van der Waals surface area contributed by atoms with E-state index in [1.165, 1.54) is 42.7 Å². The molecule has 7 heteroatoms. The lowest BCUT2D eigenvalue weighted by Gasteiger charge is -2.16. The summed E-state index contributed by atoms with van der Waals surface area (Å²) in [5, 5.41) is 0. The van der Waals surface area contributed by atoms with Gasteiger partial charge in [0, 0.05) is 18.4 Å². The maximum absolute atomic E-state index is 13.6. The molecule has 0 spiro atoms. The number of ketones is 1. The lowest BCUT2D eigenvalue weighted by Crippen LogP contribution is -2.47. The number of benzene rings is 2. The molecule has 1 aliphatic rings. The Morgan fingerprint density at radius 1 is 1.00 bits per heavy atom. The number of nitrogens with one attached hydrogen (secondary N) is 2. The first-order valence-electron chi connectivity index (χ1n) is 10.1. The molecule has 0 unspecified atom stereocenters. The molecule has 2 amide bonds. The molecule has 0 saturated heterocycles. The van der Waals surface area contributed by atoms with E-state index in [2.05, 4.69) is 10.9 Å². The van der Waals surface area contributed by atoms with E-state index in [1.807, 2.05) is 18.2 Å². The Labute approximate surface area is 174 Å². The van der Waals surface area contributed by atoms with Crippen LogP contribution in [0.4, 0.5) is 4.39 Å². The summed E-state index contributed by atoms with van der Waals surface area (Å²) in [6.07, 6.45) is 3.31. The summed E-state index contributed by atoms with van der Waals surface area (Å²) in [4.78, 5) is 36.4. The van der Waals surface area contributed by atoms with Gasteiger partial charge in [-0.15, -0.1) is 0 Å². The quantitative estimate of drug-likeness (QED) is 0.540. The first-order valence-corrected chi connectivity index (χ1v) is 10.1. The normalized spacial score (nSPS) is 13.7. The highest BCUT2D eigenvalue weighted by Crippen LogP contribution is 2.23.